The Labute approximate surface area is 158 Å². The van der Waals surface area contributed by atoms with E-state index < -0.39 is 18.5 Å². The molecule has 6 heteroatoms. The molecule has 0 aliphatic carbocycles. The summed E-state index contributed by atoms with van der Waals surface area (Å²) in [6.07, 6.45) is 0. The summed E-state index contributed by atoms with van der Waals surface area (Å²) in [6.45, 7) is 5.62. The van der Waals surface area contributed by atoms with Crippen LogP contribution in [-0.2, 0) is 19.7 Å². The van der Waals surface area contributed by atoms with Gasteiger partial charge in [0.25, 0.3) is 5.91 Å². The summed E-state index contributed by atoms with van der Waals surface area (Å²) in [7, 11) is 0. The molecule has 1 amide bonds. The highest BCUT2D eigenvalue weighted by Crippen LogP contribution is 2.24. The lowest BCUT2D eigenvalue weighted by Crippen LogP contribution is -2.23. The molecule has 2 aromatic carbocycles. The number of carbonyl (C=O) groups is 2. The number of hydrogen-bond donors (Lipinski definition) is 1. The maximum Gasteiger partial charge on any atom is 0.344 e. The zero-order valence-corrected chi connectivity index (χ0v) is 15.6. The van der Waals surface area contributed by atoms with Gasteiger partial charge >= 0.3 is 5.97 Å². The number of benzene rings is 2. The summed E-state index contributed by atoms with van der Waals surface area (Å²) in [6, 6.07) is 15.9. The van der Waals surface area contributed by atoms with Gasteiger partial charge in [0, 0.05) is 5.69 Å². The predicted molar refractivity (Wildman–Crippen MR) is 101 cm³/mol. The number of ether oxygens (including phenoxy) is 2. The monoisotopic (exact) mass is 366 g/mol. The normalized spacial score (nSPS) is 10.6. The molecule has 0 aromatic heterocycles. The second-order valence-corrected chi connectivity index (χ2v) is 6.96. The Balaban J connectivity index is 1.75. The van der Waals surface area contributed by atoms with E-state index in [2.05, 4.69) is 26.1 Å². The van der Waals surface area contributed by atoms with Crippen molar-refractivity contribution < 1.29 is 19.1 Å². The molecule has 0 bridgehead atoms. The van der Waals surface area contributed by atoms with Gasteiger partial charge in [0.05, 0.1) is 11.6 Å². The zero-order valence-electron chi connectivity index (χ0n) is 15.6. The Hall–Kier alpha value is -3.33. The van der Waals surface area contributed by atoms with E-state index in [4.69, 9.17) is 14.7 Å². The molecule has 0 radical (unpaired) electrons. The second kappa shape index (κ2) is 8.86. The average molecular weight is 366 g/mol. The van der Waals surface area contributed by atoms with Gasteiger partial charge in [-0.15, -0.1) is 0 Å². The van der Waals surface area contributed by atoms with Crippen molar-refractivity contribution >= 4 is 17.6 Å². The van der Waals surface area contributed by atoms with Crippen molar-refractivity contribution in [3.05, 3.63) is 59.7 Å². The highest BCUT2D eigenvalue weighted by atomic mass is 16.6. The summed E-state index contributed by atoms with van der Waals surface area (Å²) in [5.41, 5.74) is 2.09. The van der Waals surface area contributed by atoms with Crippen LogP contribution >= 0.6 is 0 Å². The Morgan fingerprint density at radius 2 is 1.78 bits per heavy atom. The van der Waals surface area contributed by atoms with Crippen molar-refractivity contribution in [3.8, 4) is 11.8 Å². The highest BCUT2D eigenvalue weighted by molar-refractivity contribution is 5.93. The lowest BCUT2D eigenvalue weighted by atomic mass is 9.87. The summed E-state index contributed by atoms with van der Waals surface area (Å²) in [4.78, 5) is 23.5. The Morgan fingerprint density at radius 1 is 1.07 bits per heavy atom. The van der Waals surface area contributed by atoms with Crippen LogP contribution in [0.5, 0.6) is 5.75 Å². The third-order valence-electron chi connectivity index (χ3n) is 3.72. The van der Waals surface area contributed by atoms with Crippen LogP contribution in [0.4, 0.5) is 5.69 Å². The van der Waals surface area contributed by atoms with Crippen molar-refractivity contribution in [1.29, 1.82) is 5.26 Å². The van der Waals surface area contributed by atoms with Crippen LogP contribution < -0.4 is 10.1 Å². The SMILES string of the molecule is CC(C)(C)c1ccc(OCC(=O)OCC(=O)Nc2cccc(C#N)c2)cc1. The second-order valence-electron chi connectivity index (χ2n) is 6.96. The Bertz CT molecular complexity index is 846. The van der Waals surface area contributed by atoms with Gasteiger partial charge in [0.15, 0.2) is 13.2 Å². The van der Waals surface area contributed by atoms with Crippen LogP contribution in [0.1, 0.15) is 31.9 Å². The first-order valence-electron chi connectivity index (χ1n) is 8.47. The molecule has 0 atom stereocenters. The molecule has 0 spiro atoms. The molecule has 0 saturated heterocycles. The Morgan fingerprint density at radius 3 is 2.41 bits per heavy atom. The molecule has 0 unspecified atom stereocenters. The number of hydrogen-bond acceptors (Lipinski definition) is 5. The van der Waals surface area contributed by atoms with Gasteiger partial charge in [0.1, 0.15) is 5.75 Å². The molecule has 0 aliphatic rings. The van der Waals surface area contributed by atoms with Crippen molar-refractivity contribution in [3.63, 3.8) is 0 Å². The number of nitrogens with one attached hydrogen (secondary N) is 1. The van der Waals surface area contributed by atoms with E-state index >= 15 is 0 Å². The smallest absolute Gasteiger partial charge is 0.344 e. The van der Waals surface area contributed by atoms with Crippen molar-refractivity contribution in [1.82, 2.24) is 0 Å². The molecule has 0 saturated carbocycles. The lowest BCUT2D eigenvalue weighted by Gasteiger charge is -2.19. The number of anilines is 1. The average Bonchev–Trinajstić information content (AvgIpc) is 2.64. The fourth-order valence-corrected chi connectivity index (χ4v) is 2.24. The third-order valence-corrected chi connectivity index (χ3v) is 3.72. The van der Waals surface area contributed by atoms with Crippen LogP contribution in [0.25, 0.3) is 0 Å². The van der Waals surface area contributed by atoms with Gasteiger partial charge in [-0.25, -0.2) is 4.79 Å². The molecule has 0 heterocycles. The number of rotatable bonds is 6. The molecule has 0 fully saturated rings. The first-order valence-corrected chi connectivity index (χ1v) is 8.47. The fraction of sp³-hybridized carbons (Fsp3) is 0.286. The number of esters is 1. The molecule has 1 N–H and O–H groups in total. The van der Waals surface area contributed by atoms with E-state index in [9.17, 15) is 9.59 Å². The summed E-state index contributed by atoms with van der Waals surface area (Å²) in [5, 5.41) is 11.4. The van der Waals surface area contributed by atoms with Gasteiger partial charge in [-0.05, 0) is 41.3 Å². The number of carbonyl (C=O) groups excluding carboxylic acids is 2. The van der Waals surface area contributed by atoms with Crippen LogP contribution in [-0.4, -0.2) is 25.1 Å². The van der Waals surface area contributed by atoms with E-state index in [1.807, 2.05) is 18.2 Å². The number of nitriles is 1. The Kier molecular flexibility index (Phi) is 6.56. The molecule has 27 heavy (non-hydrogen) atoms. The summed E-state index contributed by atoms with van der Waals surface area (Å²) >= 11 is 0. The minimum Gasteiger partial charge on any atom is -0.482 e. The van der Waals surface area contributed by atoms with E-state index in [-0.39, 0.29) is 12.0 Å². The van der Waals surface area contributed by atoms with Crippen LogP contribution in [0.15, 0.2) is 48.5 Å². The van der Waals surface area contributed by atoms with E-state index in [0.29, 0.717) is 17.0 Å². The molecule has 6 nitrogen and oxygen atoms in total. The number of nitrogens with zero attached hydrogens (tertiary/aromatic N) is 1. The van der Waals surface area contributed by atoms with Gasteiger partial charge in [-0.1, -0.05) is 39.0 Å². The quantitative estimate of drug-likeness (QED) is 0.792. The summed E-state index contributed by atoms with van der Waals surface area (Å²) in [5.74, 6) is -0.582. The maximum atomic E-state index is 11.8. The highest BCUT2D eigenvalue weighted by Gasteiger charge is 2.13. The predicted octanol–water partition coefficient (Wildman–Crippen LogP) is 3.42. The minimum atomic E-state index is -0.643. The first kappa shape index (κ1) is 20.0. The fourth-order valence-electron chi connectivity index (χ4n) is 2.24. The van der Waals surface area contributed by atoms with E-state index in [1.165, 1.54) is 6.07 Å². The topological polar surface area (TPSA) is 88.4 Å². The molecular formula is C21H22N2O4. The lowest BCUT2D eigenvalue weighted by molar-refractivity contribution is -0.149. The van der Waals surface area contributed by atoms with Crippen LogP contribution in [0, 0.1) is 11.3 Å². The summed E-state index contributed by atoms with van der Waals surface area (Å²) < 4.78 is 10.3. The van der Waals surface area contributed by atoms with Crippen molar-refractivity contribution in [2.75, 3.05) is 18.5 Å². The zero-order chi connectivity index (χ0) is 19.9. The molecule has 2 aromatic rings. The van der Waals surface area contributed by atoms with Gasteiger partial charge in [0.2, 0.25) is 0 Å². The van der Waals surface area contributed by atoms with Gasteiger partial charge in [-0.3, -0.25) is 4.79 Å². The molecule has 140 valence electrons. The van der Waals surface area contributed by atoms with Gasteiger partial charge in [-0.2, -0.15) is 5.26 Å². The van der Waals surface area contributed by atoms with Gasteiger partial charge < -0.3 is 14.8 Å². The van der Waals surface area contributed by atoms with Crippen molar-refractivity contribution in [2.45, 2.75) is 26.2 Å². The van der Waals surface area contributed by atoms with Crippen LogP contribution in [0.2, 0.25) is 0 Å². The largest absolute Gasteiger partial charge is 0.482 e. The molecular weight excluding hydrogens is 344 g/mol. The maximum absolute atomic E-state index is 11.8. The third kappa shape index (κ3) is 6.48. The molecule has 2 rings (SSSR count). The van der Waals surface area contributed by atoms with Crippen molar-refractivity contribution in [2.24, 2.45) is 0 Å². The minimum absolute atomic E-state index is 0.0393. The first-order chi connectivity index (χ1) is 12.8. The number of amides is 1. The van der Waals surface area contributed by atoms with E-state index in [0.717, 1.165) is 5.56 Å². The van der Waals surface area contributed by atoms with Crippen LogP contribution in [0.3, 0.4) is 0 Å². The van der Waals surface area contributed by atoms with E-state index in [1.54, 1.807) is 30.3 Å². The molecule has 0 aliphatic heterocycles. The standard InChI is InChI=1S/C21H22N2O4/c1-21(2,3)16-7-9-18(10-8-16)26-14-20(25)27-13-19(24)23-17-6-4-5-15(11-17)12-22/h4-11H,13-14H2,1-3H3,(H,23,24).